The maximum Gasteiger partial charge on any atom is 0.274 e. The molecule has 23 heavy (non-hydrogen) atoms. The molecule has 2 N–H and O–H groups in total. The molecule has 1 aliphatic carbocycles. The van der Waals surface area contributed by atoms with E-state index in [0.717, 1.165) is 0 Å². The summed E-state index contributed by atoms with van der Waals surface area (Å²) in [5.41, 5.74) is -1.07. The molecule has 0 bridgehead atoms. The van der Waals surface area contributed by atoms with Crippen LogP contribution in [0.5, 0.6) is 11.5 Å². The zero-order valence-electron chi connectivity index (χ0n) is 14.3. The minimum Gasteiger partial charge on any atom is -0.503 e. The van der Waals surface area contributed by atoms with Gasteiger partial charge < -0.3 is 15.2 Å². The molecule has 0 spiro atoms. The average molecular weight is 320 g/mol. The molecule has 1 heterocycles. The molecule has 1 aliphatic rings. The lowest BCUT2D eigenvalue weighted by molar-refractivity contribution is -0.140. The number of amides is 1. The van der Waals surface area contributed by atoms with E-state index in [9.17, 15) is 14.7 Å². The van der Waals surface area contributed by atoms with Crippen LogP contribution in [0.4, 0.5) is 0 Å². The number of ketones is 1. The number of aromatic nitrogens is 1. The van der Waals surface area contributed by atoms with Crippen molar-refractivity contribution in [1.82, 2.24) is 10.3 Å². The molecule has 0 radical (unpaired) electrons. The van der Waals surface area contributed by atoms with Gasteiger partial charge in [-0.05, 0) is 12.8 Å². The maximum absolute atomic E-state index is 12.4. The highest BCUT2D eigenvalue weighted by Gasteiger charge is 2.46. The Bertz CT molecular complexity index is 617. The number of carbonyl (C=O) groups excluding carboxylic acids is 2. The normalized spacial score (nSPS) is 20.1. The van der Waals surface area contributed by atoms with Gasteiger partial charge in [-0.25, -0.2) is 4.98 Å². The van der Waals surface area contributed by atoms with Gasteiger partial charge in [0.15, 0.2) is 17.2 Å². The Balaban J connectivity index is 2.19. The van der Waals surface area contributed by atoms with Gasteiger partial charge in [0.05, 0.1) is 7.11 Å². The van der Waals surface area contributed by atoms with Gasteiger partial charge in [-0.2, -0.15) is 0 Å². The number of hydrogen-bond donors (Lipinski definition) is 2. The van der Waals surface area contributed by atoms with Crippen molar-refractivity contribution < 1.29 is 19.4 Å². The van der Waals surface area contributed by atoms with Crippen LogP contribution in [0.3, 0.4) is 0 Å². The first-order valence-corrected chi connectivity index (χ1v) is 7.66. The fourth-order valence-electron chi connectivity index (χ4n) is 3.53. The SMILES string of the molecule is COc1ccnc(C(=O)NC2CC(C)(C)C(=O)C(C)(C)C2)c1O. The highest BCUT2D eigenvalue weighted by atomic mass is 16.5. The van der Waals surface area contributed by atoms with E-state index < -0.39 is 16.7 Å². The van der Waals surface area contributed by atoms with E-state index in [1.807, 2.05) is 27.7 Å². The van der Waals surface area contributed by atoms with Crippen molar-refractivity contribution in [1.29, 1.82) is 0 Å². The number of ether oxygens (including phenoxy) is 1. The molecule has 2 rings (SSSR count). The Hall–Kier alpha value is -2.11. The van der Waals surface area contributed by atoms with Crippen molar-refractivity contribution in [3.63, 3.8) is 0 Å². The zero-order chi connectivity index (χ0) is 17.4. The first kappa shape index (κ1) is 17.2. The first-order chi connectivity index (χ1) is 10.6. The number of methoxy groups -OCH3 is 1. The lowest BCUT2D eigenvalue weighted by Crippen LogP contribution is -2.52. The molecule has 1 aromatic rings. The fourth-order valence-corrected chi connectivity index (χ4v) is 3.53. The van der Waals surface area contributed by atoms with Gasteiger partial charge >= 0.3 is 0 Å². The topological polar surface area (TPSA) is 88.5 Å². The molecule has 0 atom stereocenters. The van der Waals surface area contributed by atoms with Crippen LogP contribution in [0.25, 0.3) is 0 Å². The van der Waals surface area contributed by atoms with Crippen molar-refractivity contribution in [2.24, 2.45) is 10.8 Å². The van der Waals surface area contributed by atoms with E-state index in [2.05, 4.69) is 10.3 Å². The minimum atomic E-state index is -0.496. The third-order valence-corrected chi connectivity index (χ3v) is 4.40. The molecule has 126 valence electrons. The predicted molar refractivity (Wildman–Crippen MR) is 85.5 cm³/mol. The van der Waals surface area contributed by atoms with Gasteiger partial charge in [-0.1, -0.05) is 27.7 Å². The minimum absolute atomic E-state index is 0.0723. The fraction of sp³-hybridized carbons (Fsp3) is 0.588. The summed E-state index contributed by atoms with van der Waals surface area (Å²) in [6.07, 6.45) is 2.53. The number of aromatic hydroxyl groups is 1. The quantitative estimate of drug-likeness (QED) is 0.892. The van der Waals surface area contributed by atoms with Crippen molar-refractivity contribution in [3.8, 4) is 11.5 Å². The molecular formula is C17H24N2O4. The van der Waals surface area contributed by atoms with Crippen LogP contribution < -0.4 is 10.1 Å². The third-order valence-electron chi connectivity index (χ3n) is 4.40. The highest BCUT2D eigenvalue weighted by molar-refractivity contribution is 5.96. The number of Topliss-reactive ketones (excluding diaryl/α,β-unsaturated/α-hetero) is 1. The van der Waals surface area contributed by atoms with Crippen molar-refractivity contribution >= 4 is 11.7 Å². The van der Waals surface area contributed by atoms with Crippen LogP contribution in [0.1, 0.15) is 51.0 Å². The summed E-state index contributed by atoms with van der Waals surface area (Å²) >= 11 is 0. The van der Waals surface area contributed by atoms with Gasteiger partial charge in [0.2, 0.25) is 0 Å². The highest BCUT2D eigenvalue weighted by Crippen LogP contribution is 2.42. The van der Waals surface area contributed by atoms with Crippen LogP contribution in [-0.4, -0.2) is 34.9 Å². The van der Waals surface area contributed by atoms with Crippen molar-refractivity contribution in [2.45, 2.75) is 46.6 Å². The monoisotopic (exact) mass is 320 g/mol. The zero-order valence-corrected chi connectivity index (χ0v) is 14.3. The number of carbonyl (C=O) groups is 2. The van der Waals surface area contributed by atoms with Gasteiger partial charge in [-0.3, -0.25) is 9.59 Å². The summed E-state index contributed by atoms with van der Waals surface area (Å²) in [4.78, 5) is 28.8. The number of pyridine rings is 1. The van der Waals surface area contributed by atoms with Crippen LogP contribution in [0, 0.1) is 10.8 Å². The average Bonchev–Trinajstić information content (AvgIpc) is 2.44. The van der Waals surface area contributed by atoms with Crippen molar-refractivity contribution in [2.75, 3.05) is 7.11 Å². The Labute approximate surface area is 136 Å². The molecule has 1 amide bonds. The summed E-state index contributed by atoms with van der Waals surface area (Å²) in [5, 5.41) is 12.9. The summed E-state index contributed by atoms with van der Waals surface area (Å²) in [5.74, 6) is -0.340. The first-order valence-electron chi connectivity index (χ1n) is 7.66. The standard InChI is InChI=1S/C17H24N2O4/c1-16(2)8-10(9-17(3,4)15(16)22)19-14(21)12-13(20)11(23-5)6-7-18-12/h6-7,10,20H,8-9H2,1-5H3,(H,19,21). The molecule has 1 fully saturated rings. The lowest BCUT2D eigenvalue weighted by Gasteiger charge is -2.43. The molecule has 1 saturated carbocycles. The van der Waals surface area contributed by atoms with Crippen LogP contribution in [-0.2, 0) is 4.79 Å². The summed E-state index contributed by atoms with van der Waals surface area (Å²) in [6, 6.07) is 1.33. The van der Waals surface area contributed by atoms with E-state index in [4.69, 9.17) is 4.74 Å². The Morgan fingerprint density at radius 2 is 1.87 bits per heavy atom. The van der Waals surface area contributed by atoms with Gasteiger partial charge in [0.25, 0.3) is 5.91 Å². The Morgan fingerprint density at radius 3 is 2.39 bits per heavy atom. The van der Waals surface area contributed by atoms with E-state index in [1.165, 1.54) is 19.4 Å². The summed E-state index contributed by atoms with van der Waals surface area (Å²) in [6.45, 7) is 7.60. The van der Waals surface area contributed by atoms with Crippen LogP contribution in [0.15, 0.2) is 12.3 Å². The molecule has 0 saturated heterocycles. The van der Waals surface area contributed by atoms with Crippen LogP contribution in [0.2, 0.25) is 0 Å². The second-order valence-corrected chi connectivity index (χ2v) is 7.39. The molecule has 0 unspecified atom stereocenters. The van der Waals surface area contributed by atoms with Crippen molar-refractivity contribution in [3.05, 3.63) is 18.0 Å². The Kier molecular flexibility index (Phi) is 4.37. The van der Waals surface area contributed by atoms with E-state index in [0.29, 0.717) is 12.8 Å². The van der Waals surface area contributed by atoms with E-state index >= 15 is 0 Å². The second kappa shape index (κ2) is 5.83. The molecular weight excluding hydrogens is 296 g/mol. The van der Waals surface area contributed by atoms with Crippen LogP contribution >= 0.6 is 0 Å². The molecule has 6 nitrogen and oxygen atoms in total. The van der Waals surface area contributed by atoms with E-state index in [-0.39, 0.29) is 29.0 Å². The molecule has 6 heteroatoms. The summed E-state index contributed by atoms with van der Waals surface area (Å²) in [7, 11) is 1.41. The van der Waals surface area contributed by atoms with Gasteiger partial charge in [0.1, 0.15) is 5.78 Å². The maximum atomic E-state index is 12.4. The number of nitrogens with zero attached hydrogens (tertiary/aromatic N) is 1. The second-order valence-electron chi connectivity index (χ2n) is 7.39. The lowest BCUT2D eigenvalue weighted by atomic mass is 9.62. The smallest absolute Gasteiger partial charge is 0.274 e. The summed E-state index contributed by atoms with van der Waals surface area (Å²) < 4.78 is 4.99. The predicted octanol–water partition coefficient (Wildman–Crippen LogP) is 2.31. The van der Waals surface area contributed by atoms with Gasteiger partial charge in [-0.15, -0.1) is 0 Å². The van der Waals surface area contributed by atoms with Gasteiger partial charge in [0, 0.05) is 29.1 Å². The largest absolute Gasteiger partial charge is 0.503 e. The molecule has 1 aromatic heterocycles. The molecule has 0 aliphatic heterocycles. The Morgan fingerprint density at radius 1 is 1.30 bits per heavy atom. The third kappa shape index (κ3) is 3.30. The number of rotatable bonds is 3. The number of nitrogens with one attached hydrogen (secondary N) is 1. The van der Waals surface area contributed by atoms with E-state index in [1.54, 1.807) is 0 Å². The molecule has 0 aromatic carbocycles. The number of hydrogen-bond acceptors (Lipinski definition) is 5.